The van der Waals surface area contributed by atoms with Gasteiger partial charge in [0.2, 0.25) is 0 Å². The van der Waals surface area contributed by atoms with Crippen LogP contribution in [0.3, 0.4) is 0 Å². The van der Waals surface area contributed by atoms with E-state index in [1.54, 1.807) is 0 Å². The van der Waals surface area contributed by atoms with Crippen molar-refractivity contribution in [2.75, 3.05) is 0 Å². The van der Waals surface area contributed by atoms with Crippen molar-refractivity contribution in [3.63, 3.8) is 0 Å². The molecule has 0 aromatic carbocycles. The fourth-order valence-corrected chi connectivity index (χ4v) is 3.12. The molecule has 1 aromatic rings. The minimum Gasteiger partial charge on any atom is -0.300 e. The maximum atomic E-state index is 11.5. The van der Waals surface area contributed by atoms with Crippen LogP contribution in [0, 0.1) is 6.92 Å². The Kier molecular flexibility index (Phi) is 2.71. The van der Waals surface area contributed by atoms with Gasteiger partial charge in [0.1, 0.15) is 5.78 Å². The number of aryl methyl sites for hydroxylation is 1. The van der Waals surface area contributed by atoms with Crippen molar-refractivity contribution in [3.05, 3.63) is 29.6 Å². The van der Waals surface area contributed by atoms with Crippen LogP contribution in [-0.2, 0) is 11.3 Å². The second-order valence-corrected chi connectivity index (χ2v) is 5.31. The predicted octanol–water partition coefficient (Wildman–Crippen LogP) is 2.09. The number of carbonyl (C=O) groups excluding carboxylic acids is 1. The maximum Gasteiger partial charge on any atom is 0.136 e. The molecule has 3 nitrogen and oxygen atoms in total. The molecule has 3 heterocycles. The molecular formula is C14H18N2O. The summed E-state index contributed by atoms with van der Waals surface area (Å²) in [6.45, 7) is 2.96. The van der Waals surface area contributed by atoms with E-state index in [-0.39, 0.29) is 0 Å². The zero-order valence-electron chi connectivity index (χ0n) is 10.2. The van der Waals surface area contributed by atoms with Gasteiger partial charge in [-0.05, 0) is 31.4 Å². The van der Waals surface area contributed by atoms with Crippen LogP contribution in [0.2, 0.25) is 0 Å². The fraction of sp³-hybridized carbons (Fsp3) is 0.571. The molecule has 2 atom stereocenters. The number of fused-ring (bicyclic) bond motifs is 2. The van der Waals surface area contributed by atoms with Crippen LogP contribution in [0.25, 0.3) is 0 Å². The highest BCUT2D eigenvalue weighted by Crippen LogP contribution is 2.34. The highest BCUT2D eigenvalue weighted by atomic mass is 16.1. The van der Waals surface area contributed by atoms with E-state index in [4.69, 9.17) is 0 Å². The highest BCUT2D eigenvalue weighted by Gasteiger charge is 2.39. The van der Waals surface area contributed by atoms with Crippen LogP contribution < -0.4 is 0 Å². The van der Waals surface area contributed by atoms with Crippen LogP contribution in [0.5, 0.6) is 0 Å². The van der Waals surface area contributed by atoms with Gasteiger partial charge in [0.25, 0.3) is 0 Å². The second kappa shape index (κ2) is 4.22. The number of nitrogens with zero attached hydrogens (tertiary/aromatic N) is 2. The van der Waals surface area contributed by atoms with Gasteiger partial charge in [0.05, 0.1) is 0 Å². The molecule has 2 fully saturated rings. The molecule has 90 valence electrons. The molecule has 1 aromatic heterocycles. The number of hydrogen-bond acceptors (Lipinski definition) is 3. The first-order valence-electron chi connectivity index (χ1n) is 6.41. The van der Waals surface area contributed by atoms with Crippen LogP contribution >= 0.6 is 0 Å². The van der Waals surface area contributed by atoms with E-state index >= 15 is 0 Å². The summed E-state index contributed by atoms with van der Waals surface area (Å²) in [5.41, 5.74) is 2.33. The van der Waals surface area contributed by atoms with Crippen molar-refractivity contribution < 1.29 is 4.79 Å². The van der Waals surface area contributed by atoms with Crippen molar-refractivity contribution in [3.8, 4) is 0 Å². The van der Waals surface area contributed by atoms with Gasteiger partial charge in [-0.15, -0.1) is 0 Å². The van der Waals surface area contributed by atoms with Crippen LogP contribution in [0.4, 0.5) is 0 Å². The summed E-state index contributed by atoms with van der Waals surface area (Å²) in [6, 6.07) is 5.19. The zero-order chi connectivity index (χ0) is 11.8. The summed E-state index contributed by atoms with van der Waals surface area (Å²) in [6.07, 6.45) is 5.86. The monoisotopic (exact) mass is 230 g/mol. The molecule has 0 aliphatic carbocycles. The van der Waals surface area contributed by atoms with Crippen LogP contribution in [0.15, 0.2) is 18.3 Å². The Balaban J connectivity index is 1.74. The molecule has 0 spiro atoms. The topological polar surface area (TPSA) is 33.2 Å². The largest absolute Gasteiger partial charge is 0.300 e. The van der Waals surface area contributed by atoms with Crippen LogP contribution in [0.1, 0.15) is 36.9 Å². The Morgan fingerprint density at radius 2 is 2.00 bits per heavy atom. The quantitative estimate of drug-likeness (QED) is 0.780. The predicted molar refractivity (Wildman–Crippen MR) is 65.6 cm³/mol. The summed E-state index contributed by atoms with van der Waals surface area (Å²) in [4.78, 5) is 18.4. The molecule has 0 N–H and O–H groups in total. The average Bonchev–Trinajstić information content (AvgIpc) is 2.56. The fourth-order valence-electron chi connectivity index (χ4n) is 3.12. The van der Waals surface area contributed by atoms with Gasteiger partial charge in [-0.25, -0.2) is 0 Å². The number of ketones is 1. The van der Waals surface area contributed by atoms with E-state index in [0.29, 0.717) is 17.9 Å². The molecule has 2 saturated heterocycles. The Bertz CT molecular complexity index is 410. The molecule has 2 bridgehead atoms. The lowest BCUT2D eigenvalue weighted by atomic mass is 10.0. The Morgan fingerprint density at radius 3 is 2.59 bits per heavy atom. The molecule has 17 heavy (non-hydrogen) atoms. The average molecular weight is 230 g/mol. The van der Waals surface area contributed by atoms with Gasteiger partial charge < -0.3 is 0 Å². The van der Waals surface area contributed by atoms with E-state index in [1.807, 2.05) is 13.1 Å². The molecule has 0 amide bonds. The molecular weight excluding hydrogens is 212 g/mol. The standard InChI is InChI=1S/C14H18N2O/c1-10-2-3-11(8-15-10)9-16-12-4-5-13(16)7-14(17)6-12/h2-3,8,12-13H,4-7,9H2,1H3. The summed E-state index contributed by atoms with van der Waals surface area (Å²) < 4.78 is 0. The summed E-state index contributed by atoms with van der Waals surface area (Å²) in [5, 5.41) is 0. The molecule has 2 aliphatic rings. The number of pyridine rings is 1. The maximum absolute atomic E-state index is 11.5. The number of aromatic nitrogens is 1. The third kappa shape index (κ3) is 2.12. The van der Waals surface area contributed by atoms with Crippen molar-refractivity contribution in [2.24, 2.45) is 0 Å². The number of rotatable bonds is 2. The van der Waals surface area contributed by atoms with Crippen LogP contribution in [-0.4, -0.2) is 27.8 Å². The zero-order valence-corrected chi connectivity index (χ0v) is 10.2. The third-order valence-corrected chi connectivity index (χ3v) is 4.04. The summed E-state index contributed by atoms with van der Waals surface area (Å²) in [7, 11) is 0. The summed E-state index contributed by atoms with van der Waals surface area (Å²) >= 11 is 0. The molecule has 2 aliphatic heterocycles. The lowest BCUT2D eigenvalue weighted by molar-refractivity contribution is -0.123. The highest BCUT2D eigenvalue weighted by molar-refractivity contribution is 5.80. The van der Waals surface area contributed by atoms with E-state index in [1.165, 1.54) is 18.4 Å². The first-order chi connectivity index (χ1) is 8.22. The first-order valence-corrected chi connectivity index (χ1v) is 6.41. The molecule has 2 unspecified atom stereocenters. The van der Waals surface area contributed by atoms with Gasteiger partial charge in [-0.1, -0.05) is 6.07 Å². The molecule has 0 radical (unpaired) electrons. The third-order valence-electron chi connectivity index (χ3n) is 4.04. The molecule has 3 rings (SSSR count). The van der Waals surface area contributed by atoms with E-state index in [0.717, 1.165) is 25.1 Å². The molecule has 3 heteroatoms. The van der Waals surface area contributed by atoms with Gasteiger partial charge >= 0.3 is 0 Å². The Morgan fingerprint density at radius 1 is 1.29 bits per heavy atom. The lowest BCUT2D eigenvalue weighted by Crippen LogP contribution is -2.42. The Labute approximate surface area is 102 Å². The smallest absolute Gasteiger partial charge is 0.136 e. The van der Waals surface area contributed by atoms with Gasteiger partial charge in [0.15, 0.2) is 0 Å². The van der Waals surface area contributed by atoms with Gasteiger partial charge in [-0.3, -0.25) is 14.7 Å². The minimum atomic E-state index is 0.454. The summed E-state index contributed by atoms with van der Waals surface area (Å²) in [5.74, 6) is 0.454. The number of Topliss-reactive ketones (excluding diaryl/α,β-unsaturated/α-hetero) is 1. The normalized spacial score (nSPS) is 28.6. The van der Waals surface area contributed by atoms with Crippen molar-refractivity contribution in [1.29, 1.82) is 0 Å². The molecule has 0 saturated carbocycles. The van der Waals surface area contributed by atoms with Crippen molar-refractivity contribution in [1.82, 2.24) is 9.88 Å². The lowest BCUT2D eigenvalue weighted by Gasteiger charge is -2.33. The van der Waals surface area contributed by atoms with E-state index in [9.17, 15) is 4.79 Å². The number of carbonyl (C=O) groups is 1. The van der Waals surface area contributed by atoms with Gasteiger partial charge in [0, 0.05) is 43.4 Å². The minimum absolute atomic E-state index is 0.454. The second-order valence-electron chi connectivity index (χ2n) is 5.31. The van der Waals surface area contributed by atoms with E-state index < -0.39 is 0 Å². The van der Waals surface area contributed by atoms with Gasteiger partial charge in [-0.2, -0.15) is 0 Å². The first kappa shape index (κ1) is 10.9. The Hall–Kier alpha value is -1.22. The van der Waals surface area contributed by atoms with Crippen molar-refractivity contribution in [2.45, 2.75) is 51.2 Å². The van der Waals surface area contributed by atoms with E-state index in [2.05, 4.69) is 22.0 Å². The number of hydrogen-bond donors (Lipinski definition) is 0. The SMILES string of the molecule is Cc1ccc(CN2C3CCC2CC(=O)C3)cn1. The number of piperidine rings is 1. The van der Waals surface area contributed by atoms with Crippen molar-refractivity contribution >= 4 is 5.78 Å².